The van der Waals surface area contributed by atoms with Crippen LogP contribution in [0.1, 0.15) is 62.4 Å². The smallest absolute Gasteiger partial charge is 0.123 e. The van der Waals surface area contributed by atoms with Gasteiger partial charge in [-0.25, -0.2) is 9.07 Å². The highest BCUT2D eigenvalue weighted by Gasteiger charge is 2.39. The molecule has 1 aliphatic carbocycles. The standard InChI is InChI=1S/C30H36FN5/c1-23-20-34(21-24(2)36(23)28-12-8-13-28)29(14-7-6-9-25-15-17-27(31)18-16-25)30-19-32-33-35(30)22-26-10-4-3-5-11-26/h3-5,7,9-11,15-19,23-24,28-29H,8,12-14,20-22H2,1-2H3. The average Bonchev–Trinajstić information content (AvgIpc) is 3.29. The van der Waals surface area contributed by atoms with E-state index in [9.17, 15) is 4.39 Å². The molecule has 0 bridgehead atoms. The summed E-state index contributed by atoms with van der Waals surface area (Å²) in [5.74, 6) is -0.223. The maximum absolute atomic E-state index is 13.2. The lowest BCUT2D eigenvalue weighted by molar-refractivity contribution is -0.0334. The second-order valence-corrected chi connectivity index (χ2v) is 10.3. The number of piperazine rings is 1. The van der Waals surface area contributed by atoms with E-state index in [-0.39, 0.29) is 11.9 Å². The Bertz CT molecular complexity index is 1170. The first kappa shape index (κ1) is 24.6. The summed E-state index contributed by atoms with van der Waals surface area (Å²) in [6.45, 7) is 7.51. The van der Waals surface area contributed by atoms with Crippen molar-refractivity contribution >= 4 is 6.08 Å². The van der Waals surface area contributed by atoms with Crippen molar-refractivity contribution < 1.29 is 4.39 Å². The SMILES string of the molecule is CC1CN(C(CC=C=Cc2ccc(F)cc2)c2cnnn2Cc2ccccc2)CC(C)N1C1CCC1. The first-order chi connectivity index (χ1) is 17.6. The molecule has 5 nitrogen and oxygen atoms in total. The van der Waals surface area contributed by atoms with Gasteiger partial charge in [-0.05, 0) is 68.5 Å². The minimum Gasteiger partial charge on any atom is -0.292 e. The number of hydrogen-bond acceptors (Lipinski definition) is 4. The fraction of sp³-hybridized carbons (Fsp3) is 0.433. The Morgan fingerprint density at radius 1 is 1.03 bits per heavy atom. The average molecular weight is 486 g/mol. The zero-order valence-corrected chi connectivity index (χ0v) is 21.3. The number of halogens is 1. The normalized spacial score (nSPS) is 22.0. The molecule has 2 fully saturated rings. The van der Waals surface area contributed by atoms with E-state index in [4.69, 9.17) is 0 Å². The summed E-state index contributed by atoms with van der Waals surface area (Å²) in [5, 5.41) is 8.79. The zero-order valence-electron chi connectivity index (χ0n) is 21.3. The molecule has 0 amide bonds. The first-order valence-corrected chi connectivity index (χ1v) is 13.2. The fourth-order valence-corrected chi connectivity index (χ4v) is 5.79. The molecular formula is C30H36FN5. The van der Waals surface area contributed by atoms with Gasteiger partial charge in [-0.2, -0.15) is 0 Å². The van der Waals surface area contributed by atoms with Crippen molar-refractivity contribution in [2.75, 3.05) is 13.1 Å². The van der Waals surface area contributed by atoms with E-state index in [1.165, 1.54) is 37.0 Å². The van der Waals surface area contributed by atoms with Crippen molar-refractivity contribution in [3.63, 3.8) is 0 Å². The topological polar surface area (TPSA) is 37.2 Å². The van der Waals surface area contributed by atoms with Crippen molar-refractivity contribution in [2.45, 2.75) is 70.2 Å². The maximum atomic E-state index is 13.2. The Hall–Kier alpha value is -3.05. The monoisotopic (exact) mass is 485 g/mol. The van der Waals surface area contributed by atoms with Gasteiger partial charge in [-0.15, -0.1) is 10.8 Å². The minimum atomic E-state index is -0.223. The highest BCUT2D eigenvalue weighted by molar-refractivity contribution is 5.48. The highest BCUT2D eigenvalue weighted by Crippen LogP contribution is 2.34. The van der Waals surface area contributed by atoms with Crippen LogP contribution in [0, 0.1) is 5.82 Å². The summed E-state index contributed by atoms with van der Waals surface area (Å²) in [5.41, 5.74) is 6.62. The van der Waals surface area contributed by atoms with Crippen molar-refractivity contribution in [1.29, 1.82) is 0 Å². The van der Waals surface area contributed by atoms with Crippen LogP contribution in [0.15, 0.2) is 72.6 Å². The van der Waals surface area contributed by atoms with E-state index >= 15 is 0 Å². The van der Waals surface area contributed by atoms with Crippen LogP contribution >= 0.6 is 0 Å². The van der Waals surface area contributed by atoms with Gasteiger partial charge >= 0.3 is 0 Å². The van der Waals surface area contributed by atoms with Crippen molar-refractivity contribution in [3.05, 3.63) is 95.2 Å². The third-order valence-electron chi connectivity index (χ3n) is 7.70. The molecule has 1 saturated heterocycles. The Labute approximate surface area is 213 Å². The molecule has 1 aromatic heterocycles. The van der Waals surface area contributed by atoms with Crippen LogP contribution in [0.5, 0.6) is 0 Å². The van der Waals surface area contributed by atoms with Gasteiger partial charge in [0.05, 0.1) is 24.5 Å². The summed E-state index contributed by atoms with van der Waals surface area (Å²) in [7, 11) is 0. The van der Waals surface area contributed by atoms with Crippen LogP contribution in [-0.4, -0.2) is 56.0 Å². The molecule has 188 valence electrons. The predicted octanol–water partition coefficient (Wildman–Crippen LogP) is 5.71. The summed E-state index contributed by atoms with van der Waals surface area (Å²) < 4.78 is 15.3. The molecule has 3 atom stereocenters. The maximum Gasteiger partial charge on any atom is 0.123 e. The fourth-order valence-electron chi connectivity index (χ4n) is 5.79. The Balaban J connectivity index is 1.39. The van der Waals surface area contributed by atoms with Gasteiger partial charge < -0.3 is 0 Å². The van der Waals surface area contributed by atoms with E-state index in [1.807, 2.05) is 23.0 Å². The lowest BCUT2D eigenvalue weighted by atomic mass is 9.87. The Morgan fingerprint density at radius 2 is 1.75 bits per heavy atom. The number of nitrogens with zero attached hydrogens (tertiary/aromatic N) is 5. The van der Waals surface area contributed by atoms with E-state index in [0.717, 1.165) is 36.8 Å². The summed E-state index contributed by atoms with van der Waals surface area (Å²) in [4.78, 5) is 5.36. The summed E-state index contributed by atoms with van der Waals surface area (Å²) in [6, 6.07) is 18.9. The predicted molar refractivity (Wildman–Crippen MR) is 142 cm³/mol. The lowest BCUT2D eigenvalue weighted by Gasteiger charge is -2.52. The summed E-state index contributed by atoms with van der Waals surface area (Å²) in [6.07, 6.45) is 10.8. The third-order valence-corrected chi connectivity index (χ3v) is 7.70. The van der Waals surface area contributed by atoms with Crippen molar-refractivity contribution in [1.82, 2.24) is 24.8 Å². The van der Waals surface area contributed by atoms with Gasteiger partial charge in [0.1, 0.15) is 5.82 Å². The summed E-state index contributed by atoms with van der Waals surface area (Å²) >= 11 is 0. The van der Waals surface area contributed by atoms with Gasteiger partial charge in [0, 0.05) is 31.2 Å². The number of benzene rings is 2. The van der Waals surface area contributed by atoms with Crippen molar-refractivity contribution in [2.24, 2.45) is 0 Å². The molecule has 6 heteroatoms. The van der Waals surface area contributed by atoms with Crippen LogP contribution in [0.25, 0.3) is 6.08 Å². The van der Waals surface area contributed by atoms with Crippen LogP contribution in [0.2, 0.25) is 0 Å². The first-order valence-electron chi connectivity index (χ1n) is 13.2. The van der Waals surface area contributed by atoms with Crippen LogP contribution in [0.3, 0.4) is 0 Å². The quantitative estimate of drug-likeness (QED) is 0.383. The van der Waals surface area contributed by atoms with Crippen LogP contribution in [-0.2, 0) is 6.54 Å². The molecule has 0 N–H and O–H groups in total. The molecule has 1 aliphatic heterocycles. The van der Waals surface area contributed by atoms with E-state index in [2.05, 4.69) is 70.0 Å². The van der Waals surface area contributed by atoms with Gasteiger partial charge in [-0.1, -0.05) is 54.1 Å². The van der Waals surface area contributed by atoms with Gasteiger partial charge in [0.25, 0.3) is 0 Å². The lowest BCUT2D eigenvalue weighted by Crippen LogP contribution is -2.61. The molecule has 36 heavy (non-hydrogen) atoms. The molecule has 5 rings (SSSR count). The molecule has 2 aromatic carbocycles. The van der Waals surface area contributed by atoms with Crippen LogP contribution < -0.4 is 0 Å². The number of hydrogen-bond donors (Lipinski definition) is 0. The minimum absolute atomic E-state index is 0.159. The van der Waals surface area contributed by atoms with Gasteiger partial charge in [0.2, 0.25) is 0 Å². The van der Waals surface area contributed by atoms with E-state index in [0.29, 0.717) is 18.6 Å². The second-order valence-electron chi connectivity index (χ2n) is 10.3. The van der Waals surface area contributed by atoms with Crippen LogP contribution in [0.4, 0.5) is 4.39 Å². The molecule has 2 heterocycles. The molecule has 2 aliphatic rings. The molecule has 0 radical (unpaired) electrons. The largest absolute Gasteiger partial charge is 0.292 e. The zero-order chi connectivity index (χ0) is 24.9. The molecular weight excluding hydrogens is 449 g/mol. The van der Waals surface area contributed by atoms with E-state index < -0.39 is 0 Å². The number of aromatic nitrogens is 3. The van der Waals surface area contributed by atoms with Crippen molar-refractivity contribution in [3.8, 4) is 0 Å². The Kier molecular flexibility index (Phi) is 7.76. The molecule has 3 aromatic rings. The molecule has 3 unspecified atom stereocenters. The highest BCUT2D eigenvalue weighted by atomic mass is 19.1. The molecule has 0 spiro atoms. The van der Waals surface area contributed by atoms with Gasteiger partial charge in [-0.3, -0.25) is 9.80 Å². The third kappa shape index (κ3) is 5.67. The van der Waals surface area contributed by atoms with E-state index in [1.54, 1.807) is 12.1 Å². The molecule has 1 saturated carbocycles. The second kappa shape index (κ2) is 11.3. The van der Waals surface area contributed by atoms with Gasteiger partial charge in [0.15, 0.2) is 0 Å². The number of rotatable bonds is 8. The Morgan fingerprint density at radius 3 is 2.42 bits per heavy atom.